The predicted octanol–water partition coefficient (Wildman–Crippen LogP) is 3.96. The number of aliphatic carboxylic acids is 1. The summed E-state index contributed by atoms with van der Waals surface area (Å²) in [5, 5.41) is 9.27. The molecule has 1 aliphatic rings. The average Bonchev–Trinajstić information content (AvgIpc) is 2.45. The van der Waals surface area contributed by atoms with Crippen molar-refractivity contribution in [2.24, 2.45) is 0 Å². The van der Waals surface area contributed by atoms with E-state index in [9.17, 15) is 9.59 Å². The Kier molecular flexibility index (Phi) is 4.86. The Hall–Kier alpha value is -1.58. The number of halogens is 2. The van der Waals surface area contributed by atoms with Gasteiger partial charge in [0.15, 0.2) is 5.78 Å². The number of allylic oxidation sites excluding steroid dienone is 4. The monoisotopic (exact) mass is 324 g/mol. The van der Waals surface area contributed by atoms with Crippen molar-refractivity contribution in [2.75, 3.05) is 0 Å². The van der Waals surface area contributed by atoms with Gasteiger partial charge in [-0.3, -0.25) is 9.59 Å². The first-order valence-corrected chi connectivity index (χ1v) is 7.24. The summed E-state index contributed by atoms with van der Waals surface area (Å²) in [5.74, 6) is -1.32. The van der Waals surface area contributed by atoms with Crippen molar-refractivity contribution in [2.45, 2.75) is 23.6 Å². The second-order valence-corrected chi connectivity index (χ2v) is 5.95. The average molecular weight is 325 g/mol. The SMILES string of the molecule is O=C(O)CCC(=O)C1(Cl)C=CC(c2cccc(Cl)c2)C=C1. The molecule has 0 spiro atoms. The summed E-state index contributed by atoms with van der Waals surface area (Å²) >= 11 is 12.2. The van der Waals surface area contributed by atoms with Crippen LogP contribution < -0.4 is 0 Å². The van der Waals surface area contributed by atoms with Gasteiger partial charge in [-0.25, -0.2) is 0 Å². The Labute approximate surface area is 132 Å². The highest BCUT2D eigenvalue weighted by molar-refractivity contribution is 6.38. The number of carboxylic acids is 1. The molecular formula is C16H14Cl2O3. The van der Waals surface area contributed by atoms with Crippen LogP contribution in [0.25, 0.3) is 0 Å². The van der Waals surface area contributed by atoms with Gasteiger partial charge in [-0.1, -0.05) is 48.0 Å². The zero-order valence-electron chi connectivity index (χ0n) is 11.1. The summed E-state index contributed by atoms with van der Waals surface area (Å²) in [6.07, 6.45) is 6.59. The molecule has 0 aromatic heterocycles. The first kappa shape index (κ1) is 15.8. The first-order chi connectivity index (χ1) is 9.90. The number of alkyl halides is 1. The van der Waals surface area contributed by atoms with Crippen LogP contribution in [-0.2, 0) is 9.59 Å². The number of rotatable bonds is 5. The fourth-order valence-electron chi connectivity index (χ4n) is 2.14. The molecule has 0 fully saturated rings. The number of hydrogen-bond acceptors (Lipinski definition) is 2. The van der Waals surface area contributed by atoms with Crippen molar-refractivity contribution >= 4 is 35.0 Å². The highest BCUT2D eigenvalue weighted by Crippen LogP contribution is 2.32. The zero-order valence-corrected chi connectivity index (χ0v) is 12.6. The van der Waals surface area contributed by atoms with Gasteiger partial charge in [0, 0.05) is 17.4 Å². The molecule has 0 bridgehead atoms. The molecule has 21 heavy (non-hydrogen) atoms. The lowest BCUT2D eigenvalue weighted by molar-refractivity contribution is -0.138. The van der Waals surface area contributed by atoms with E-state index in [1.165, 1.54) is 0 Å². The van der Waals surface area contributed by atoms with Crippen molar-refractivity contribution < 1.29 is 14.7 Å². The summed E-state index contributed by atoms with van der Waals surface area (Å²) in [5.41, 5.74) is 1.01. The van der Waals surface area contributed by atoms with Crippen LogP contribution in [0.5, 0.6) is 0 Å². The van der Waals surface area contributed by atoms with Gasteiger partial charge < -0.3 is 5.11 Å². The normalized spacial score (nSPS) is 24.0. The van der Waals surface area contributed by atoms with Crippen LogP contribution in [0.3, 0.4) is 0 Å². The second-order valence-electron chi connectivity index (χ2n) is 4.88. The maximum atomic E-state index is 12.0. The third-order valence-corrected chi connectivity index (χ3v) is 4.02. The molecule has 5 heteroatoms. The van der Waals surface area contributed by atoms with Gasteiger partial charge in [0.1, 0.15) is 4.87 Å². The van der Waals surface area contributed by atoms with E-state index in [0.717, 1.165) is 5.56 Å². The molecule has 0 aliphatic heterocycles. The van der Waals surface area contributed by atoms with Crippen molar-refractivity contribution in [3.8, 4) is 0 Å². The lowest BCUT2D eigenvalue weighted by Gasteiger charge is -2.23. The van der Waals surface area contributed by atoms with Crippen molar-refractivity contribution in [3.63, 3.8) is 0 Å². The van der Waals surface area contributed by atoms with Crippen LogP contribution in [0.15, 0.2) is 48.6 Å². The molecular weight excluding hydrogens is 311 g/mol. The van der Waals surface area contributed by atoms with E-state index in [2.05, 4.69) is 0 Å². The Morgan fingerprint density at radius 3 is 2.43 bits per heavy atom. The highest BCUT2D eigenvalue weighted by Gasteiger charge is 2.32. The first-order valence-electron chi connectivity index (χ1n) is 6.49. The summed E-state index contributed by atoms with van der Waals surface area (Å²) in [4.78, 5) is 21.3. The molecule has 0 amide bonds. The van der Waals surface area contributed by atoms with Crippen molar-refractivity contribution in [1.82, 2.24) is 0 Å². The number of hydrogen-bond donors (Lipinski definition) is 1. The molecule has 1 aliphatic carbocycles. The lowest BCUT2D eigenvalue weighted by atomic mass is 9.87. The molecule has 1 aromatic rings. The third-order valence-electron chi connectivity index (χ3n) is 3.32. The van der Waals surface area contributed by atoms with Crippen molar-refractivity contribution in [1.29, 1.82) is 0 Å². The maximum Gasteiger partial charge on any atom is 0.303 e. The largest absolute Gasteiger partial charge is 0.481 e. The molecule has 0 unspecified atom stereocenters. The number of Topliss-reactive ketones (excluding diaryl/α,β-unsaturated/α-hetero) is 1. The van der Waals surface area contributed by atoms with Gasteiger partial charge in [0.25, 0.3) is 0 Å². The highest BCUT2D eigenvalue weighted by atomic mass is 35.5. The number of carbonyl (C=O) groups excluding carboxylic acids is 1. The van der Waals surface area contributed by atoms with E-state index in [0.29, 0.717) is 5.02 Å². The van der Waals surface area contributed by atoms with Gasteiger partial charge in [0.2, 0.25) is 0 Å². The topological polar surface area (TPSA) is 54.4 Å². The number of carbonyl (C=O) groups is 2. The van der Waals surface area contributed by atoms with E-state index >= 15 is 0 Å². The molecule has 1 N–H and O–H groups in total. The van der Waals surface area contributed by atoms with Crippen LogP contribution in [0, 0.1) is 0 Å². The minimum atomic E-state index is -1.25. The molecule has 110 valence electrons. The number of benzene rings is 1. The Bertz CT molecular complexity index is 606. The van der Waals surface area contributed by atoms with Crippen LogP contribution >= 0.6 is 23.2 Å². The van der Waals surface area contributed by atoms with Gasteiger partial charge >= 0.3 is 5.97 Å². The van der Waals surface area contributed by atoms with Gasteiger partial charge in [0.05, 0.1) is 6.42 Å². The van der Waals surface area contributed by atoms with Gasteiger partial charge in [-0.15, -0.1) is 11.6 Å². The summed E-state index contributed by atoms with van der Waals surface area (Å²) in [6.45, 7) is 0. The van der Waals surface area contributed by atoms with E-state index in [1.807, 2.05) is 30.4 Å². The van der Waals surface area contributed by atoms with Crippen LogP contribution in [0.4, 0.5) is 0 Å². The van der Waals surface area contributed by atoms with Crippen LogP contribution in [0.1, 0.15) is 24.3 Å². The Balaban J connectivity index is 2.09. The quantitative estimate of drug-likeness (QED) is 0.658. The summed E-state index contributed by atoms with van der Waals surface area (Å²) in [7, 11) is 0. The predicted molar refractivity (Wildman–Crippen MR) is 82.9 cm³/mol. The standard InChI is InChI=1S/C16H14Cl2O3/c17-13-3-1-2-12(10-13)11-6-8-16(18,9-7-11)14(19)4-5-15(20)21/h1-3,6-11H,4-5H2,(H,20,21). The summed E-state index contributed by atoms with van der Waals surface area (Å²) < 4.78 is 0. The molecule has 0 heterocycles. The number of ketones is 1. The fourth-order valence-corrected chi connectivity index (χ4v) is 2.58. The van der Waals surface area contributed by atoms with Crippen LogP contribution in [0.2, 0.25) is 5.02 Å². The van der Waals surface area contributed by atoms with E-state index in [4.69, 9.17) is 28.3 Å². The van der Waals surface area contributed by atoms with E-state index in [1.54, 1.807) is 18.2 Å². The molecule has 2 rings (SSSR count). The smallest absolute Gasteiger partial charge is 0.303 e. The lowest BCUT2D eigenvalue weighted by Crippen LogP contribution is -2.30. The van der Waals surface area contributed by atoms with Gasteiger partial charge in [-0.05, 0) is 17.7 Å². The molecule has 0 atom stereocenters. The Morgan fingerprint density at radius 2 is 1.86 bits per heavy atom. The minimum absolute atomic E-state index is 0.00264. The molecule has 0 radical (unpaired) electrons. The molecule has 3 nitrogen and oxygen atoms in total. The molecule has 0 saturated carbocycles. The third kappa shape index (κ3) is 3.96. The molecule has 0 saturated heterocycles. The Morgan fingerprint density at radius 1 is 1.19 bits per heavy atom. The fraction of sp³-hybridized carbons (Fsp3) is 0.250. The van der Waals surface area contributed by atoms with Crippen LogP contribution in [-0.4, -0.2) is 21.7 Å². The van der Waals surface area contributed by atoms with E-state index < -0.39 is 10.8 Å². The second kappa shape index (κ2) is 6.46. The zero-order chi connectivity index (χ0) is 15.5. The summed E-state index contributed by atoms with van der Waals surface area (Å²) in [6, 6.07) is 7.45. The van der Waals surface area contributed by atoms with Crippen molar-refractivity contribution in [3.05, 3.63) is 59.2 Å². The van der Waals surface area contributed by atoms with E-state index in [-0.39, 0.29) is 24.5 Å². The number of carboxylic acid groups (broad SMARTS) is 1. The van der Waals surface area contributed by atoms with Gasteiger partial charge in [-0.2, -0.15) is 0 Å². The molecule has 1 aromatic carbocycles. The maximum absolute atomic E-state index is 12.0. The minimum Gasteiger partial charge on any atom is -0.481 e.